The molecular weight excluding hydrogens is 196 g/mol. The second-order valence-corrected chi connectivity index (χ2v) is 5.10. The van der Waals surface area contributed by atoms with Crippen LogP contribution >= 0.6 is 0 Å². The van der Waals surface area contributed by atoms with Crippen LogP contribution in [0.25, 0.3) is 0 Å². The van der Waals surface area contributed by atoms with Crippen molar-refractivity contribution in [1.29, 1.82) is 0 Å². The summed E-state index contributed by atoms with van der Waals surface area (Å²) in [5, 5.41) is 0. The van der Waals surface area contributed by atoms with Gasteiger partial charge >= 0.3 is 0 Å². The molecule has 0 fully saturated rings. The summed E-state index contributed by atoms with van der Waals surface area (Å²) in [4.78, 5) is 12.2. The molecule has 0 aromatic heterocycles. The summed E-state index contributed by atoms with van der Waals surface area (Å²) >= 11 is 0. The fraction of sp³-hybridized carbons (Fsp3) is 0.667. The van der Waals surface area contributed by atoms with Crippen molar-refractivity contribution in [2.75, 3.05) is 0 Å². The lowest BCUT2D eigenvalue weighted by atomic mass is 9.68. The molecule has 0 saturated heterocycles. The Morgan fingerprint density at radius 1 is 1.44 bits per heavy atom. The van der Waals surface area contributed by atoms with E-state index < -0.39 is 0 Å². The van der Waals surface area contributed by atoms with Gasteiger partial charge in [-0.3, -0.25) is 4.79 Å². The van der Waals surface area contributed by atoms with Crippen molar-refractivity contribution in [3.63, 3.8) is 0 Å². The molecule has 1 heteroatoms. The number of ketones is 1. The number of hydrogen-bond donors (Lipinski definition) is 0. The molecule has 0 bridgehead atoms. The van der Waals surface area contributed by atoms with Gasteiger partial charge in [-0.15, -0.1) is 0 Å². The molecule has 0 aromatic rings. The standard InChI is InChI=1S/C15H24O/c1-5-7-10-13(16)14-12(3)9-8-11-15(14,4)6-2/h7,10H,5-6,8-9,11H2,1-4H3. The average molecular weight is 220 g/mol. The van der Waals surface area contributed by atoms with Gasteiger partial charge in [0.25, 0.3) is 0 Å². The number of carbonyl (C=O) groups is 1. The van der Waals surface area contributed by atoms with Gasteiger partial charge in [-0.2, -0.15) is 0 Å². The summed E-state index contributed by atoms with van der Waals surface area (Å²) in [6, 6.07) is 0. The van der Waals surface area contributed by atoms with Crippen LogP contribution in [0, 0.1) is 5.41 Å². The Morgan fingerprint density at radius 2 is 2.12 bits per heavy atom. The first-order valence-electron chi connectivity index (χ1n) is 6.46. The van der Waals surface area contributed by atoms with Crippen LogP contribution in [0.4, 0.5) is 0 Å². The maximum Gasteiger partial charge on any atom is 0.181 e. The minimum atomic E-state index is 0.109. The molecular formula is C15H24O. The van der Waals surface area contributed by atoms with Crippen molar-refractivity contribution < 1.29 is 4.79 Å². The smallest absolute Gasteiger partial charge is 0.181 e. The van der Waals surface area contributed by atoms with Gasteiger partial charge in [0.2, 0.25) is 0 Å². The Hall–Kier alpha value is -0.850. The average Bonchev–Trinajstić information content (AvgIpc) is 2.26. The Bertz CT molecular complexity index is 322. The third kappa shape index (κ3) is 2.63. The van der Waals surface area contributed by atoms with E-state index in [-0.39, 0.29) is 11.2 Å². The van der Waals surface area contributed by atoms with E-state index in [0.717, 1.165) is 31.3 Å². The van der Waals surface area contributed by atoms with Gasteiger partial charge in [0.05, 0.1) is 0 Å². The Labute approximate surface area is 99.6 Å². The van der Waals surface area contributed by atoms with Crippen LogP contribution in [0.1, 0.15) is 59.8 Å². The summed E-state index contributed by atoms with van der Waals surface area (Å²) in [6.45, 7) is 8.61. The molecule has 0 heterocycles. The minimum Gasteiger partial charge on any atom is -0.290 e. The van der Waals surface area contributed by atoms with Gasteiger partial charge in [-0.05, 0) is 50.5 Å². The van der Waals surface area contributed by atoms with E-state index >= 15 is 0 Å². The molecule has 0 aliphatic heterocycles. The molecule has 1 nitrogen and oxygen atoms in total. The molecule has 1 atom stereocenters. The zero-order chi connectivity index (χ0) is 12.2. The maximum absolute atomic E-state index is 12.2. The Balaban J connectivity index is 3.04. The maximum atomic E-state index is 12.2. The zero-order valence-corrected chi connectivity index (χ0v) is 11.1. The molecule has 1 aliphatic carbocycles. The monoisotopic (exact) mass is 220 g/mol. The number of allylic oxidation sites excluding steroid dienone is 4. The van der Waals surface area contributed by atoms with E-state index in [0.29, 0.717) is 0 Å². The second kappa shape index (κ2) is 5.47. The molecule has 90 valence electrons. The zero-order valence-electron chi connectivity index (χ0n) is 11.1. The van der Waals surface area contributed by atoms with Gasteiger partial charge in [-0.25, -0.2) is 0 Å². The SMILES string of the molecule is CCC=CC(=O)C1=C(C)CCCC1(C)CC. The molecule has 0 radical (unpaired) electrons. The van der Waals surface area contributed by atoms with Crippen molar-refractivity contribution in [3.05, 3.63) is 23.3 Å². The van der Waals surface area contributed by atoms with E-state index in [1.165, 1.54) is 12.0 Å². The normalized spacial score (nSPS) is 26.5. The molecule has 0 aromatic carbocycles. The Kier molecular flexibility index (Phi) is 4.52. The largest absolute Gasteiger partial charge is 0.290 e. The molecule has 1 aliphatic rings. The highest BCUT2D eigenvalue weighted by atomic mass is 16.1. The summed E-state index contributed by atoms with van der Waals surface area (Å²) < 4.78 is 0. The van der Waals surface area contributed by atoms with Gasteiger partial charge in [0.1, 0.15) is 0 Å². The van der Waals surface area contributed by atoms with Gasteiger partial charge < -0.3 is 0 Å². The third-order valence-corrected chi connectivity index (χ3v) is 3.84. The first kappa shape index (κ1) is 13.2. The molecule has 16 heavy (non-hydrogen) atoms. The quantitative estimate of drug-likeness (QED) is 0.640. The molecule has 0 amide bonds. The van der Waals surface area contributed by atoms with E-state index in [4.69, 9.17) is 0 Å². The van der Waals surface area contributed by atoms with E-state index in [9.17, 15) is 4.79 Å². The predicted molar refractivity (Wildman–Crippen MR) is 69.4 cm³/mol. The Morgan fingerprint density at radius 3 is 2.69 bits per heavy atom. The van der Waals surface area contributed by atoms with Crippen LogP contribution in [-0.2, 0) is 4.79 Å². The van der Waals surface area contributed by atoms with E-state index in [1.54, 1.807) is 6.08 Å². The molecule has 1 unspecified atom stereocenters. The second-order valence-electron chi connectivity index (χ2n) is 5.10. The van der Waals surface area contributed by atoms with Crippen molar-refractivity contribution in [2.24, 2.45) is 5.41 Å². The first-order chi connectivity index (χ1) is 7.55. The summed E-state index contributed by atoms with van der Waals surface area (Å²) in [5.41, 5.74) is 2.50. The van der Waals surface area contributed by atoms with Crippen LogP contribution in [0.2, 0.25) is 0 Å². The van der Waals surface area contributed by atoms with Crippen LogP contribution in [0.15, 0.2) is 23.3 Å². The van der Waals surface area contributed by atoms with Crippen molar-refractivity contribution in [1.82, 2.24) is 0 Å². The van der Waals surface area contributed by atoms with E-state index in [1.807, 2.05) is 6.08 Å². The van der Waals surface area contributed by atoms with Crippen molar-refractivity contribution in [3.8, 4) is 0 Å². The predicted octanol–water partition coefficient (Wildman–Crippen LogP) is 4.44. The van der Waals surface area contributed by atoms with Gasteiger partial charge in [0, 0.05) is 5.57 Å². The molecule has 1 rings (SSSR count). The number of rotatable bonds is 4. The highest BCUT2D eigenvalue weighted by molar-refractivity contribution is 6.05. The topological polar surface area (TPSA) is 17.1 Å². The van der Waals surface area contributed by atoms with Crippen LogP contribution < -0.4 is 0 Å². The fourth-order valence-electron chi connectivity index (χ4n) is 2.68. The molecule has 0 saturated carbocycles. The number of hydrogen-bond acceptors (Lipinski definition) is 1. The van der Waals surface area contributed by atoms with Crippen LogP contribution in [0.3, 0.4) is 0 Å². The molecule has 0 spiro atoms. The fourth-order valence-corrected chi connectivity index (χ4v) is 2.68. The highest BCUT2D eigenvalue weighted by Gasteiger charge is 2.34. The minimum absolute atomic E-state index is 0.109. The van der Waals surface area contributed by atoms with Gasteiger partial charge in [0.15, 0.2) is 5.78 Å². The van der Waals surface area contributed by atoms with Crippen LogP contribution in [-0.4, -0.2) is 5.78 Å². The van der Waals surface area contributed by atoms with Crippen molar-refractivity contribution in [2.45, 2.75) is 59.8 Å². The summed E-state index contributed by atoms with van der Waals surface area (Å²) in [6.07, 6.45) is 9.20. The highest BCUT2D eigenvalue weighted by Crippen LogP contribution is 2.43. The lowest BCUT2D eigenvalue weighted by Gasteiger charge is -2.35. The third-order valence-electron chi connectivity index (χ3n) is 3.84. The van der Waals surface area contributed by atoms with Gasteiger partial charge in [-0.1, -0.05) is 32.4 Å². The summed E-state index contributed by atoms with van der Waals surface area (Å²) in [7, 11) is 0. The lowest BCUT2D eigenvalue weighted by molar-refractivity contribution is -0.112. The summed E-state index contributed by atoms with van der Waals surface area (Å²) in [5.74, 6) is 0.239. The van der Waals surface area contributed by atoms with Crippen molar-refractivity contribution >= 4 is 5.78 Å². The first-order valence-corrected chi connectivity index (χ1v) is 6.46. The number of carbonyl (C=O) groups excluding carboxylic acids is 1. The lowest BCUT2D eigenvalue weighted by Crippen LogP contribution is -2.27. The molecule has 0 N–H and O–H groups in total. The van der Waals surface area contributed by atoms with E-state index in [2.05, 4.69) is 27.7 Å². The van der Waals surface area contributed by atoms with Crippen LogP contribution in [0.5, 0.6) is 0 Å².